The number of aromatic carboxylic acids is 1. The number of methoxy groups -OCH3 is 1. The minimum Gasteiger partial charge on any atom is -0.493 e. The number of carboxylic acid groups (broad SMARTS) is 1. The minimum absolute atomic E-state index is 0.0674. The first-order chi connectivity index (χ1) is 15.4. The molecule has 12 heteroatoms. The summed E-state index contributed by atoms with van der Waals surface area (Å²) >= 11 is 0.948. The van der Waals surface area contributed by atoms with Crippen molar-refractivity contribution in [2.45, 2.75) is 26.8 Å². The van der Waals surface area contributed by atoms with Crippen molar-refractivity contribution in [3.8, 4) is 11.5 Å². The molecule has 1 unspecified atom stereocenters. The molecule has 3 N–H and O–H groups in total. The van der Waals surface area contributed by atoms with Crippen LogP contribution in [0.1, 0.15) is 51.0 Å². The van der Waals surface area contributed by atoms with Crippen LogP contribution >= 0.6 is 11.3 Å². The van der Waals surface area contributed by atoms with E-state index in [-0.39, 0.29) is 16.1 Å². The Morgan fingerprint density at radius 2 is 1.85 bits per heavy atom. The number of hydrogen-bond donors (Lipinski definition) is 3. The van der Waals surface area contributed by atoms with Gasteiger partial charge in [0, 0.05) is 18.1 Å². The maximum absolute atomic E-state index is 13.2. The smallest absolute Gasteiger partial charge is 0.337 e. The lowest BCUT2D eigenvalue weighted by atomic mass is 10.1. The second-order valence-electron chi connectivity index (χ2n) is 7.19. The summed E-state index contributed by atoms with van der Waals surface area (Å²) in [6.45, 7) is 4.86. The number of carbonyl (C=O) groups excluding carboxylic acids is 2. The van der Waals surface area contributed by atoms with Crippen molar-refractivity contribution >= 4 is 44.0 Å². The van der Waals surface area contributed by atoms with Gasteiger partial charge in [0.2, 0.25) is 5.91 Å². The predicted molar refractivity (Wildman–Crippen MR) is 124 cm³/mol. The molecule has 0 aliphatic carbocycles. The number of aryl methyl sites for hydroxylation is 1. The summed E-state index contributed by atoms with van der Waals surface area (Å²) in [7, 11) is -2.10. The van der Waals surface area contributed by atoms with E-state index in [1.807, 2.05) is 0 Å². The molecule has 1 heterocycles. The quantitative estimate of drug-likeness (QED) is 0.453. The summed E-state index contributed by atoms with van der Waals surface area (Å²) in [5.41, 5.74) is -0.0794. The monoisotopic (exact) mass is 498 g/mol. The zero-order valence-electron chi connectivity index (χ0n) is 18.8. The Kier molecular flexibility index (Phi) is 8.45. The molecule has 1 aromatic carbocycles. The van der Waals surface area contributed by atoms with E-state index >= 15 is 0 Å². The van der Waals surface area contributed by atoms with Gasteiger partial charge in [-0.05, 0) is 31.5 Å². The van der Waals surface area contributed by atoms with Gasteiger partial charge in [0.05, 0.1) is 36.6 Å². The van der Waals surface area contributed by atoms with Gasteiger partial charge < -0.3 is 25.2 Å². The molecule has 1 aromatic heterocycles. The van der Waals surface area contributed by atoms with Crippen LogP contribution in [0.2, 0.25) is 0 Å². The van der Waals surface area contributed by atoms with Crippen LogP contribution in [0, 0.1) is 6.92 Å². The lowest BCUT2D eigenvalue weighted by Gasteiger charge is -2.20. The number of ether oxygens (including phenoxy) is 2. The molecular formula is C21H26N2O8S2. The average molecular weight is 499 g/mol. The van der Waals surface area contributed by atoms with Crippen LogP contribution in [0.25, 0.3) is 0 Å². The van der Waals surface area contributed by atoms with Gasteiger partial charge in [-0.2, -0.15) is 0 Å². The number of carboxylic acids is 1. The van der Waals surface area contributed by atoms with E-state index in [1.165, 1.54) is 21.0 Å². The van der Waals surface area contributed by atoms with Crippen LogP contribution in [-0.2, 0) is 14.6 Å². The number of hydrogen-bond acceptors (Lipinski definition) is 8. The Labute approximate surface area is 195 Å². The SMILES string of the molecule is CCOc1cc(C(CS(C)(=O)=O)NC(=O)c2c(NC(C)=O)sc(C)c2C(=O)O)ccc1OC. The number of thiophene rings is 1. The van der Waals surface area contributed by atoms with Crippen LogP contribution in [0.15, 0.2) is 18.2 Å². The lowest BCUT2D eigenvalue weighted by Crippen LogP contribution is -2.34. The van der Waals surface area contributed by atoms with Gasteiger partial charge in [-0.25, -0.2) is 13.2 Å². The molecule has 2 aromatic rings. The van der Waals surface area contributed by atoms with Crippen molar-refractivity contribution in [1.82, 2.24) is 5.32 Å². The van der Waals surface area contributed by atoms with E-state index in [0.717, 1.165) is 17.6 Å². The highest BCUT2D eigenvalue weighted by Gasteiger charge is 2.30. The van der Waals surface area contributed by atoms with Crippen molar-refractivity contribution in [3.05, 3.63) is 39.8 Å². The van der Waals surface area contributed by atoms with Crippen LogP contribution in [0.3, 0.4) is 0 Å². The van der Waals surface area contributed by atoms with E-state index < -0.39 is 39.4 Å². The maximum Gasteiger partial charge on any atom is 0.337 e. The molecule has 33 heavy (non-hydrogen) atoms. The predicted octanol–water partition coefficient (Wildman–Crippen LogP) is 2.64. The van der Waals surface area contributed by atoms with Crippen LogP contribution < -0.4 is 20.1 Å². The Morgan fingerprint density at radius 3 is 2.36 bits per heavy atom. The van der Waals surface area contributed by atoms with Crippen molar-refractivity contribution < 1.29 is 37.4 Å². The molecule has 1 atom stereocenters. The van der Waals surface area contributed by atoms with E-state index in [9.17, 15) is 27.9 Å². The molecule has 0 fully saturated rings. The van der Waals surface area contributed by atoms with Crippen LogP contribution in [0.4, 0.5) is 5.00 Å². The molecule has 0 bridgehead atoms. The fourth-order valence-electron chi connectivity index (χ4n) is 3.20. The van der Waals surface area contributed by atoms with E-state index in [1.54, 1.807) is 25.1 Å². The molecule has 10 nitrogen and oxygen atoms in total. The van der Waals surface area contributed by atoms with Crippen molar-refractivity contribution in [2.24, 2.45) is 0 Å². The second-order valence-corrected chi connectivity index (χ2v) is 10.6. The van der Waals surface area contributed by atoms with Crippen molar-refractivity contribution in [2.75, 3.05) is 31.0 Å². The van der Waals surface area contributed by atoms with Crippen LogP contribution in [-0.4, -0.2) is 57.0 Å². The van der Waals surface area contributed by atoms with Gasteiger partial charge in [0.1, 0.15) is 14.8 Å². The number of sulfone groups is 1. The minimum atomic E-state index is -3.56. The molecule has 0 saturated heterocycles. The Bertz CT molecular complexity index is 1170. The molecule has 0 aliphatic heterocycles. The largest absolute Gasteiger partial charge is 0.493 e. The van der Waals surface area contributed by atoms with E-state index in [4.69, 9.17) is 9.47 Å². The molecule has 0 radical (unpaired) electrons. The molecule has 0 aliphatic rings. The molecule has 2 amide bonds. The Balaban J connectivity index is 2.55. The van der Waals surface area contributed by atoms with Gasteiger partial charge in [-0.15, -0.1) is 11.3 Å². The summed E-state index contributed by atoms with van der Waals surface area (Å²) in [5.74, 6) is -2.30. The van der Waals surface area contributed by atoms with Gasteiger partial charge in [-0.1, -0.05) is 6.07 Å². The molecule has 0 spiro atoms. The average Bonchev–Trinajstić information content (AvgIpc) is 3.01. The zero-order chi connectivity index (χ0) is 24.9. The summed E-state index contributed by atoms with van der Waals surface area (Å²) in [5, 5.41) is 14.8. The first-order valence-corrected chi connectivity index (χ1v) is 12.7. The third-order valence-electron chi connectivity index (χ3n) is 4.48. The zero-order valence-corrected chi connectivity index (χ0v) is 20.5. The topological polar surface area (TPSA) is 148 Å². The van der Waals surface area contributed by atoms with Gasteiger partial charge in [-0.3, -0.25) is 9.59 Å². The normalized spacial score (nSPS) is 12.0. The second kappa shape index (κ2) is 10.7. The third-order valence-corrected chi connectivity index (χ3v) is 6.44. The summed E-state index contributed by atoms with van der Waals surface area (Å²) in [6, 6.07) is 3.71. The summed E-state index contributed by atoms with van der Waals surface area (Å²) < 4.78 is 35.0. The maximum atomic E-state index is 13.2. The molecule has 180 valence electrons. The summed E-state index contributed by atoms with van der Waals surface area (Å²) in [4.78, 5) is 36.9. The van der Waals surface area contributed by atoms with Crippen molar-refractivity contribution in [3.63, 3.8) is 0 Å². The number of amides is 2. The third kappa shape index (κ3) is 6.68. The molecule has 2 rings (SSSR count). The highest BCUT2D eigenvalue weighted by Crippen LogP contribution is 2.35. The standard InChI is InChI=1S/C21H26N2O8S2/c1-6-31-16-9-13(7-8-15(16)30-4)14(10-33(5,28)29)23-19(25)18-17(21(26)27)11(2)32-20(18)22-12(3)24/h7-9,14H,6,10H2,1-5H3,(H,22,24)(H,23,25)(H,26,27). The Morgan fingerprint density at radius 1 is 1.18 bits per heavy atom. The van der Waals surface area contributed by atoms with Gasteiger partial charge in [0.15, 0.2) is 11.5 Å². The van der Waals surface area contributed by atoms with E-state index in [2.05, 4.69) is 10.6 Å². The van der Waals surface area contributed by atoms with Gasteiger partial charge in [0.25, 0.3) is 5.91 Å². The highest BCUT2D eigenvalue weighted by atomic mass is 32.2. The highest BCUT2D eigenvalue weighted by molar-refractivity contribution is 7.90. The van der Waals surface area contributed by atoms with Gasteiger partial charge >= 0.3 is 5.97 Å². The number of rotatable bonds is 10. The van der Waals surface area contributed by atoms with Crippen molar-refractivity contribution in [1.29, 1.82) is 0 Å². The fourth-order valence-corrected chi connectivity index (χ4v) is 5.17. The van der Waals surface area contributed by atoms with E-state index in [0.29, 0.717) is 28.5 Å². The molecule has 0 saturated carbocycles. The number of anilines is 1. The Hall–Kier alpha value is -3.12. The summed E-state index contributed by atoms with van der Waals surface area (Å²) in [6.07, 6.45) is 1.03. The first kappa shape index (κ1) is 26.1. The lowest BCUT2D eigenvalue weighted by molar-refractivity contribution is -0.114. The number of carbonyl (C=O) groups is 3. The van der Waals surface area contributed by atoms with Crippen LogP contribution in [0.5, 0.6) is 11.5 Å². The number of benzene rings is 1. The fraction of sp³-hybridized carbons (Fsp3) is 0.381. The molecular weight excluding hydrogens is 472 g/mol. The first-order valence-electron chi connectivity index (χ1n) is 9.81. The number of nitrogens with one attached hydrogen (secondary N) is 2.